The molecule has 25 heavy (non-hydrogen) atoms. The van der Waals surface area contributed by atoms with Crippen molar-refractivity contribution in [1.29, 1.82) is 0 Å². The van der Waals surface area contributed by atoms with Gasteiger partial charge in [-0.25, -0.2) is 0 Å². The number of nitrogens with one attached hydrogen (secondary N) is 1. The Labute approximate surface area is 148 Å². The van der Waals surface area contributed by atoms with Gasteiger partial charge in [-0.2, -0.15) is 0 Å². The number of hydrogen-bond acceptors (Lipinski definition) is 6. The molecule has 1 amide bonds. The number of aliphatic hydroxyl groups is 1. The van der Waals surface area contributed by atoms with Crippen molar-refractivity contribution in [2.24, 2.45) is 5.92 Å². The van der Waals surface area contributed by atoms with E-state index in [1.807, 2.05) is 20.8 Å². The molecule has 3 heterocycles. The highest BCUT2D eigenvalue weighted by molar-refractivity contribution is 5.94. The summed E-state index contributed by atoms with van der Waals surface area (Å²) in [5.41, 5.74) is 0.666. The minimum atomic E-state index is -0.463. The molecule has 2 aliphatic heterocycles. The molecule has 0 aliphatic carbocycles. The largest absolute Gasteiger partial charge is 0.392 e. The van der Waals surface area contributed by atoms with Crippen LogP contribution in [0.1, 0.15) is 45.7 Å². The fourth-order valence-corrected chi connectivity index (χ4v) is 3.51. The lowest BCUT2D eigenvalue weighted by molar-refractivity contribution is -0.120. The van der Waals surface area contributed by atoms with Gasteiger partial charge in [-0.05, 0) is 25.2 Å². The van der Waals surface area contributed by atoms with Gasteiger partial charge in [0, 0.05) is 37.8 Å². The second kappa shape index (κ2) is 7.43. The Morgan fingerprint density at radius 3 is 2.76 bits per heavy atom. The van der Waals surface area contributed by atoms with Crippen LogP contribution in [0.2, 0.25) is 0 Å². The van der Waals surface area contributed by atoms with Crippen LogP contribution in [0.4, 0.5) is 5.88 Å². The molecule has 2 fully saturated rings. The minimum Gasteiger partial charge on any atom is -0.392 e. The molecule has 2 saturated heterocycles. The first-order chi connectivity index (χ1) is 11.8. The van der Waals surface area contributed by atoms with Crippen molar-refractivity contribution in [2.75, 3.05) is 31.6 Å². The summed E-state index contributed by atoms with van der Waals surface area (Å²) >= 11 is 0. The molecule has 7 heteroatoms. The van der Waals surface area contributed by atoms with E-state index >= 15 is 0 Å². The van der Waals surface area contributed by atoms with Gasteiger partial charge in [0.15, 0.2) is 0 Å². The Morgan fingerprint density at radius 2 is 2.12 bits per heavy atom. The van der Waals surface area contributed by atoms with E-state index in [9.17, 15) is 9.90 Å². The quantitative estimate of drug-likeness (QED) is 0.860. The third-order valence-electron chi connectivity index (χ3n) is 5.04. The van der Waals surface area contributed by atoms with Gasteiger partial charge in [-0.15, -0.1) is 0 Å². The van der Waals surface area contributed by atoms with Crippen LogP contribution in [0.25, 0.3) is 0 Å². The molecular formula is C18H29N3O4. The van der Waals surface area contributed by atoms with E-state index in [-0.39, 0.29) is 17.4 Å². The lowest BCUT2D eigenvalue weighted by atomic mass is 9.92. The minimum absolute atomic E-state index is 0.134. The first kappa shape index (κ1) is 18.4. The topological polar surface area (TPSA) is 87.8 Å². The lowest BCUT2D eigenvalue weighted by Gasteiger charge is -2.29. The summed E-state index contributed by atoms with van der Waals surface area (Å²) in [4.78, 5) is 14.8. The molecular weight excluding hydrogens is 322 g/mol. The van der Waals surface area contributed by atoms with Gasteiger partial charge in [0.1, 0.15) is 0 Å². The summed E-state index contributed by atoms with van der Waals surface area (Å²) in [6.45, 7) is 9.05. The molecule has 3 rings (SSSR count). The molecule has 0 unspecified atom stereocenters. The average Bonchev–Trinajstić information content (AvgIpc) is 3.15. The van der Waals surface area contributed by atoms with Gasteiger partial charge in [-0.1, -0.05) is 25.9 Å². The van der Waals surface area contributed by atoms with Crippen molar-refractivity contribution in [3.05, 3.63) is 11.8 Å². The second-order valence-corrected chi connectivity index (χ2v) is 8.23. The van der Waals surface area contributed by atoms with Gasteiger partial charge in [0.2, 0.25) is 11.8 Å². The first-order valence-corrected chi connectivity index (χ1v) is 9.11. The summed E-state index contributed by atoms with van der Waals surface area (Å²) in [5.74, 6) is 0.745. The molecule has 2 atom stereocenters. The Bertz CT molecular complexity index is 589. The summed E-state index contributed by atoms with van der Waals surface area (Å²) in [6, 6.07) is 1.44. The molecule has 0 spiro atoms. The van der Waals surface area contributed by atoms with Crippen LogP contribution in [0.3, 0.4) is 0 Å². The molecule has 2 N–H and O–H groups in total. The number of ether oxygens (including phenoxy) is 1. The van der Waals surface area contributed by atoms with Crippen molar-refractivity contribution >= 4 is 11.8 Å². The number of β-amino-alcohol motifs (C(OH)–C–C–N with tert-alkyl or cyclic N) is 1. The van der Waals surface area contributed by atoms with E-state index in [2.05, 4.69) is 15.4 Å². The summed E-state index contributed by atoms with van der Waals surface area (Å²) in [7, 11) is 0. The number of likely N-dealkylation sites (tertiary alicyclic amines) is 1. The predicted molar refractivity (Wildman–Crippen MR) is 93.4 cm³/mol. The molecule has 0 radical (unpaired) electrons. The van der Waals surface area contributed by atoms with Gasteiger partial charge in [0.25, 0.3) is 0 Å². The predicted octanol–water partition coefficient (Wildman–Crippen LogP) is 1.77. The van der Waals surface area contributed by atoms with Crippen molar-refractivity contribution in [3.8, 4) is 0 Å². The highest BCUT2D eigenvalue weighted by Gasteiger charge is 2.37. The van der Waals surface area contributed by atoms with Gasteiger partial charge in [-0.3, -0.25) is 15.0 Å². The van der Waals surface area contributed by atoms with E-state index in [0.717, 1.165) is 38.3 Å². The average molecular weight is 351 g/mol. The van der Waals surface area contributed by atoms with Crippen molar-refractivity contribution in [1.82, 2.24) is 10.1 Å². The van der Waals surface area contributed by atoms with E-state index in [1.165, 1.54) is 0 Å². The summed E-state index contributed by atoms with van der Waals surface area (Å²) in [6.07, 6.45) is 2.01. The van der Waals surface area contributed by atoms with Crippen LogP contribution in [0.5, 0.6) is 0 Å². The normalized spacial score (nSPS) is 26.1. The first-order valence-electron chi connectivity index (χ1n) is 9.11. The number of anilines is 1. The maximum atomic E-state index is 12.7. The zero-order chi connectivity index (χ0) is 18.0. The van der Waals surface area contributed by atoms with Gasteiger partial charge < -0.3 is 14.4 Å². The molecule has 1 aromatic rings. The Balaban J connectivity index is 1.61. The number of rotatable bonds is 4. The standard InChI is InChI=1S/C18H29N3O4/c1-18(2,3)15-9-16(25-20-15)19-17(23)14-8-13(22)11-21(14)10-12-4-6-24-7-5-12/h9,12-14,22H,4-8,10-11H2,1-3H3,(H,19,23)/t13-,14-/m0/s1. The number of carbonyl (C=O) groups excluding carboxylic acids is 1. The number of nitrogens with zero attached hydrogens (tertiary/aromatic N) is 2. The number of hydrogen-bond donors (Lipinski definition) is 2. The Morgan fingerprint density at radius 1 is 1.40 bits per heavy atom. The highest BCUT2D eigenvalue weighted by Crippen LogP contribution is 2.26. The van der Waals surface area contributed by atoms with Crippen LogP contribution in [0, 0.1) is 5.92 Å². The van der Waals surface area contributed by atoms with E-state index in [0.29, 0.717) is 24.8 Å². The van der Waals surface area contributed by atoms with Crippen LogP contribution in [-0.4, -0.2) is 59.5 Å². The van der Waals surface area contributed by atoms with E-state index in [1.54, 1.807) is 6.07 Å². The smallest absolute Gasteiger partial charge is 0.244 e. The second-order valence-electron chi connectivity index (χ2n) is 8.23. The van der Waals surface area contributed by atoms with Crippen molar-refractivity contribution < 1.29 is 19.2 Å². The fraction of sp³-hybridized carbons (Fsp3) is 0.778. The van der Waals surface area contributed by atoms with Crippen molar-refractivity contribution in [3.63, 3.8) is 0 Å². The van der Waals surface area contributed by atoms with Crippen LogP contribution >= 0.6 is 0 Å². The monoisotopic (exact) mass is 351 g/mol. The molecule has 140 valence electrons. The highest BCUT2D eigenvalue weighted by atomic mass is 16.5. The van der Waals surface area contributed by atoms with Crippen LogP contribution < -0.4 is 5.32 Å². The number of aliphatic hydroxyl groups excluding tert-OH is 1. The van der Waals surface area contributed by atoms with Crippen LogP contribution in [-0.2, 0) is 14.9 Å². The summed E-state index contributed by atoms with van der Waals surface area (Å²) in [5, 5.41) is 16.9. The molecule has 0 saturated carbocycles. The summed E-state index contributed by atoms with van der Waals surface area (Å²) < 4.78 is 10.7. The molecule has 0 aromatic carbocycles. The third kappa shape index (κ3) is 4.59. The van der Waals surface area contributed by atoms with Crippen molar-refractivity contribution in [2.45, 2.75) is 57.6 Å². The van der Waals surface area contributed by atoms with E-state index in [4.69, 9.17) is 9.26 Å². The maximum Gasteiger partial charge on any atom is 0.244 e. The molecule has 1 aromatic heterocycles. The van der Waals surface area contributed by atoms with Crippen LogP contribution in [0.15, 0.2) is 10.6 Å². The van der Waals surface area contributed by atoms with Gasteiger partial charge in [0.05, 0.1) is 17.8 Å². The lowest BCUT2D eigenvalue weighted by Crippen LogP contribution is -2.42. The Hall–Kier alpha value is -1.44. The molecule has 2 aliphatic rings. The molecule has 7 nitrogen and oxygen atoms in total. The number of amides is 1. The zero-order valence-electron chi connectivity index (χ0n) is 15.3. The molecule has 0 bridgehead atoms. The van der Waals surface area contributed by atoms with E-state index < -0.39 is 6.10 Å². The fourth-order valence-electron chi connectivity index (χ4n) is 3.51. The SMILES string of the molecule is CC(C)(C)c1cc(NC(=O)[C@@H]2C[C@H](O)CN2CC2CCOCC2)on1. The zero-order valence-corrected chi connectivity index (χ0v) is 15.3. The van der Waals surface area contributed by atoms with Gasteiger partial charge >= 0.3 is 0 Å². The maximum absolute atomic E-state index is 12.7. The Kier molecular flexibility index (Phi) is 5.46. The third-order valence-corrected chi connectivity index (χ3v) is 5.04. The number of aromatic nitrogens is 1. The number of carbonyl (C=O) groups is 1.